The Balaban J connectivity index is 1.77. The number of aliphatic hydroxyl groups is 1. The summed E-state index contributed by atoms with van der Waals surface area (Å²) < 4.78 is 27.5. The van der Waals surface area contributed by atoms with E-state index in [1.807, 2.05) is 32.0 Å². The molecule has 1 fully saturated rings. The summed E-state index contributed by atoms with van der Waals surface area (Å²) in [5.41, 5.74) is 10.7. The van der Waals surface area contributed by atoms with Gasteiger partial charge in [-0.05, 0) is 67.1 Å². The van der Waals surface area contributed by atoms with Gasteiger partial charge in [-0.15, -0.1) is 0 Å². The molecule has 0 bridgehead atoms. The summed E-state index contributed by atoms with van der Waals surface area (Å²) in [6.07, 6.45) is 1.46. The molecule has 2 aromatic carbocycles. The van der Waals surface area contributed by atoms with Crippen LogP contribution in [0.4, 0.5) is 5.82 Å². The average molecular weight is 401 g/mol. The lowest BCUT2D eigenvalue weighted by molar-refractivity contribution is 0.213. The Morgan fingerprint density at radius 1 is 1.25 bits per heavy atom. The second-order valence-electron chi connectivity index (χ2n) is 7.34. The van der Waals surface area contributed by atoms with Crippen LogP contribution in [0.1, 0.15) is 24.0 Å². The number of aromatic nitrogens is 2. The van der Waals surface area contributed by atoms with Crippen LogP contribution < -0.4 is 5.73 Å². The molecule has 1 aliphatic heterocycles. The van der Waals surface area contributed by atoms with Crippen molar-refractivity contribution >= 4 is 26.7 Å². The van der Waals surface area contributed by atoms with Crippen LogP contribution in [0.2, 0.25) is 0 Å². The van der Waals surface area contributed by atoms with E-state index in [-0.39, 0.29) is 17.5 Å². The number of nitrogens with one attached hydrogen (secondary N) is 1. The highest BCUT2D eigenvalue weighted by molar-refractivity contribution is 7.89. The largest absolute Gasteiger partial charge is 0.395 e. The van der Waals surface area contributed by atoms with E-state index < -0.39 is 10.0 Å². The fourth-order valence-electron chi connectivity index (χ4n) is 4.15. The molecule has 1 aliphatic rings. The summed E-state index contributed by atoms with van der Waals surface area (Å²) >= 11 is 0. The molecule has 28 heavy (non-hydrogen) atoms. The number of aliphatic hydroxyl groups excluding tert-OH is 1. The first-order valence-electron chi connectivity index (χ1n) is 9.31. The smallest absolute Gasteiger partial charge is 0.243 e. The molecule has 1 aromatic heterocycles. The maximum absolute atomic E-state index is 13.0. The van der Waals surface area contributed by atoms with E-state index in [0.29, 0.717) is 18.8 Å². The molecule has 0 aliphatic carbocycles. The molecule has 148 valence electrons. The number of nitrogens with two attached hydrogens (primary N) is 1. The molecule has 1 atom stereocenters. The number of anilines is 1. The molecule has 8 heteroatoms. The number of benzene rings is 2. The number of sulfonamides is 1. The van der Waals surface area contributed by atoms with Gasteiger partial charge < -0.3 is 10.8 Å². The second-order valence-corrected chi connectivity index (χ2v) is 9.23. The van der Waals surface area contributed by atoms with Gasteiger partial charge in [0.05, 0.1) is 17.0 Å². The van der Waals surface area contributed by atoms with E-state index >= 15 is 0 Å². The highest BCUT2D eigenvalue weighted by Crippen LogP contribution is 2.35. The van der Waals surface area contributed by atoms with Crippen LogP contribution in [0.5, 0.6) is 0 Å². The Morgan fingerprint density at radius 2 is 2.00 bits per heavy atom. The zero-order chi connectivity index (χ0) is 20.1. The maximum Gasteiger partial charge on any atom is 0.243 e. The van der Waals surface area contributed by atoms with Gasteiger partial charge in [-0.1, -0.05) is 12.1 Å². The molecule has 0 unspecified atom stereocenters. The number of hydrogen-bond donors (Lipinski definition) is 3. The van der Waals surface area contributed by atoms with Crippen molar-refractivity contribution in [1.29, 1.82) is 0 Å². The number of hydrogen-bond acceptors (Lipinski definition) is 5. The van der Waals surface area contributed by atoms with Crippen LogP contribution >= 0.6 is 0 Å². The summed E-state index contributed by atoms with van der Waals surface area (Å²) in [6, 6.07) is 8.79. The van der Waals surface area contributed by atoms with Gasteiger partial charge in [-0.2, -0.15) is 9.40 Å². The Kier molecular flexibility index (Phi) is 4.65. The third-order valence-electron chi connectivity index (χ3n) is 5.65. The van der Waals surface area contributed by atoms with Crippen LogP contribution in [0.25, 0.3) is 22.0 Å². The van der Waals surface area contributed by atoms with Crippen molar-refractivity contribution in [2.45, 2.75) is 37.6 Å². The van der Waals surface area contributed by atoms with E-state index in [9.17, 15) is 13.5 Å². The normalized spacial score (nSPS) is 18.2. The van der Waals surface area contributed by atoms with E-state index in [1.165, 1.54) is 4.31 Å². The van der Waals surface area contributed by atoms with Crippen molar-refractivity contribution in [2.75, 3.05) is 18.9 Å². The predicted molar refractivity (Wildman–Crippen MR) is 109 cm³/mol. The SMILES string of the molecule is Cc1cc(S(=O)(=O)N2CCC[C@@H]2CO)ccc1-c1ccc2[nH]nc(N)c2c1C. The van der Waals surface area contributed by atoms with Gasteiger partial charge in [0.1, 0.15) is 0 Å². The molecule has 0 radical (unpaired) electrons. The molecular weight excluding hydrogens is 376 g/mol. The Labute approximate surface area is 164 Å². The van der Waals surface area contributed by atoms with Crippen LogP contribution in [-0.2, 0) is 10.0 Å². The van der Waals surface area contributed by atoms with Crippen molar-refractivity contribution in [3.05, 3.63) is 41.5 Å². The molecule has 1 saturated heterocycles. The quantitative estimate of drug-likeness (QED) is 0.623. The minimum absolute atomic E-state index is 0.151. The summed E-state index contributed by atoms with van der Waals surface area (Å²) in [6.45, 7) is 4.19. The van der Waals surface area contributed by atoms with Crippen LogP contribution in [0.15, 0.2) is 35.2 Å². The van der Waals surface area contributed by atoms with E-state index in [0.717, 1.165) is 39.6 Å². The molecule has 4 rings (SSSR count). The van der Waals surface area contributed by atoms with E-state index in [1.54, 1.807) is 12.1 Å². The topological polar surface area (TPSA) is 112 Å². The molecule has 3 aromatic rings. The molecule has 4 N–H and O–H groups in total. The molecule has 0 saturated carbocycles. The van der Waals surface area contributed by atoms with Gasteiger partial charge in [0.15, 0.2) is 5.82 Å². The van der Waals surface area contributed by atoms with Crippen molar-refractivity contribution in [3.8, 4) is 11.1 Å². The monoisotopic (exact) mass is 400 g/mol. The third-order valence-corrected chi connectivity index (χ3v) is 7.59. The summed E-state index contributed by atoms with van der Waals surface area (Å²) in [4.78, 5) is 0.260. The highest BCUT2D eigenvalue weighted by atomic mass is 32.2. The summed E-state index contributed by atoms with van der Waals surface area (Å²) in [7, 11) is -3.63. The highest BCUT2D eigenvalue weighted by Gasteiger charge is 2.35. The fraction of sp³-hybridized carbons (Fsp3) is 0.350. The van der Waals surface area contributed by atoms with Crippen molar-refractivity contribution in [3.63, 3.8) is 0 Å². The zero-order valence-electron chi connectivity index (χ0n) is 15.9. The number of nitrogen functional groups attached to an aromatic ring is 1. The number of aromatic amines is 1. The maximum atomic E-state index is 13.0. The minimum Gasteiger partial charge on any atom is -0.395 e. The van der Waals surface area contributed by atoms with Gasteiger partial charge >= 0.3 is 0 Å². The number of rotatable bonds is 4. The van der Waals surface area contributed by atoms with Crippen molar-refractivity contribution < 1.29 is 13.5 Å². The predicted octanol–water partition coefficient (Wildman–Crippen LogP) is 2.57. The lowest BCUT2D eigenvalue weighted by Crippen LogP contribution is -2.37. The third kappa shape index (κ3) is 2.88. The summed E-state index contributed by atoms with van der Waals surface area (Å²) in [5.74, 6) is 0.454. The van der Waals surface area contributed by atoms with E-state index in [2.05, 4.69) is 10.2 Å². The number of fused-ring (bicyclic) bond motifs is 1. The molecule has 0 spiro atoms. The number of nitrogens with zero attached hydrogens (tertiary/aromatic N) is 2. The fourth-order valence-corrected chi connectivity index (χ4v) is 5.92. The lowest BCUT2D eigenvalue weighted by Gasteiger charge is -2.23. The average Bonchev–Trinajstić information content (AvgIpc) is 3.30. The van der Waals surface area contributed by atoms with Gasteiger partial charge in [-0.25, -0.2) is 8.42 Å². The van der Waals surface area contributed by atoms with Gasteiger partial charge in [-0.3, -0.25) is 5.10 Å². The van der Waals surface area contributed by atoms with Crippen LogP contribution in [-0.4, -0.2) is 47.2 Å². The van der Waals surface area contributed by atoms with Crippen LogP contribution in [0.3, 0.4) is 0 Å². The Bertz CT molecular complexity index is 1150. The van der Waals surface area contributed by atoms with Gasteiger partial charge in [0, 0.05) is 18.0 Å². The Hall–Kier alpha value is -2.42. The molecule has 2 heterocycles. The van der Waals surface area contributed by atoms with Crippen molar-refractivity contribution in [2.24, 2.45) is 0 Å². The molecule has 7 nitrogen and oxygen atoms in total. The zero-order valence-corrected chi connectivity index (χ0v) is 16.8. The second kappa shape index (κ2) is 6.88. The van der Waals surface area contributed by atoms with Crippen molar-refractivity contribution in [1.82, 2.24) is 14.5 Å². The van der Waals surface area contributed by atoms with Gasteiger partial charge in [0.2, 0.25) is 10.0 Å². The Morgan fingerprint density at radius 3 is 2.71 bits per heavy atom. The van der Waals surface area contributed by atoms with Gasteiger partial charge in [0.25, 0.3) is 0 Å². The molecular formula is C20H24N4O3S. The molecule has 0 amide bonds. The summed E-state index contributed by atoms with van der Waals surface area (Å²) in [5, 5.41) is 17.4. The first kappa shape index (κ1) is 18.9. The number of aryl methyl sites for hydroxylation is 2. The minimum atomic E-state index is -3.63. The first-order chi connectivity index (χ1) is 13.3. The number of H-pyrrole nitrogens is 1. The van der Waals surface area contributed by atoms with E-state index in [4.69, 9.17) is 5.73 Å². The lowest BCUT2D eigenvalue weighted by atomic mass is 9.94. The van der Waals surface area contributed by atoms with Crippen LogP contribution in [0, 0.1) is 13.8 Å². The standard InChI is InChI=1S/C20H24N4O3S/c1-12-10-15(28(26,27)24-9-3-4-14(24)11-25)5-6-16(12)17-7-8-18-19(13(17)2)20(21)23-22-18/h5-8,10,14,25H,3-4,9,11H2,1-2H3,(H3,21,22,23)/t14-/m1/s1. The first-order valence-corrected chi connectivity index (χ1v) is 10.8.